The van der Waals surface area contributed by atoms with Crippen LogP contribution in [0.1, 0.15) is 59.7 Å². The molecule has 1 aliphatic carbocycles. The first-order valence-corrected chi connectivity index (χ1v) is 13.5. The van der Waals surface area contributed by atoms with Crippen LogP contribution in [0.15, 0.2) is 53.1 Å². The first kappa shape index (κ1) is 26.8. The Morgan fingerprint density at radius 3 is 2.39 bits per heavy atom. The lowest BCUT2D eigenvalue weighted by Gasteiger charge is -2.34. The Bertz CT molecular complexity index is 1180. The number of alkyl halides is 3. The van der Waals surface area contributed by atoms with E-state index in [2.05, 4.69) is 51.5 Å². The van der Waals surface area contributed by atoms with Gasteiger partial charge in [-0.15, -0.1) is 0 Å². The van der Waals surface area contributed by atoms with Crippen molar-refractivity contribution in [3.63, 3.8) is 0 Å². The SMILES string of the molecule is Cc1ccc(C2(c3noc(CNCCN4CCN(Cc5cccc(C(F)(F)F)c5)CC4)n3)CCCC2)cc1. The molecule has 0 spiro atoms. The van der Waals surface area contributed by atoms with Crippen LogP contribution in [0.25, 0.3) is 0 Å². The van der Waals surface area contributed by atoms with Crippen molar-refractivity contribution in [1.29, 1.82) is 0 Å². The van der Waals surface area contributed by atoms with E-state index in [9.17, 15) is 13.2 Å². The van der Waals surface area contributed by atoms with Gasteiger partial charge >= 0.3 is 6.18 Å². The van der Waals surface area contributed by atoms with Crippen LogP contribution in [0.4, 0.5) is 13.2 Å². The van der Waals surface area contributed by atoms with E-state index in [0.29, 0.717) is 24.5 Å². The Balaban J connectivity index is 1.06. The number of aromatic nitrogens is 2. The van der Waals surface area contributed by atoms with Crippen LogP contribution in [-0.4, -0.2) is 59.2 Å². The third-order valence-electron chi connectivity index (χ3n) is 7.96. The largest absolute Gasteiger partial charge is 0.416 e. The molecule has 2 heterocycles. The van der Waals surface area contributed by atoms with Gasteiger partial charge in [0.25, 0.3) is 0 Å². The lowest BCUT2D eigenvalue weighted by molar-refractivity contribution is -0.137. The molecular weight excluding hydrogens is 491 g/mol. The van der Waals surface area contributed by atoms with E-state index in [1.807, 2.05) is 0 Å². The number of hydrogen-bond donors (Lipinski definition) is 1. The lowest BCUT2D eigenvalue weighted by atomic mass is 9.78. The third kappa shape index (κ3) is 6.27. The van der Waals surface area contributed by atoms with Crippen LogP contribution in [0.3, 0.4) is 0 Å². The molecule has 3 aromatic rings. The molecule has 0 unspecified atom stereocenters. The number of benzene rings is 2. The van der Waals surface area contributed by atoms with E-state index >= 15 is 0 Å². The smallest absolute Gasteiger partial charge is 0.338 e. The average molecular weight is 528 g/mol. The Labute approximate surface area is 222 Å². The summed E-state index contributed by atoms with van der Waals surface area (Å²) in [6, 6.07) is 14.4. The van der Waals surface area contributed by atoms with E-state index < -0.39 is 11.7 Å². The molecule has 0 atom stereocenters. The number of nitrogens with one attached hydrogen (secondary N) is 1. The quantitative estimate of drug-likeness (QED) is 0.388. The molecule has 0 amide bonds. The first-order chi connectivity index (χ1) is 18.3. The molecule has 1 aromatic heterocycles. The maximum atomic E-state index is 13.0. The van der Waals surface area contributed by atoms with Crippen LogP contribution in [0, 0.1) is 6.92 Å². The lowest BCUT2D eigenvalue weighted by Crippen LogP contribution is -2.47. The summed E-state index contributed by atoms with van der Waals surface area (Å²) in [6.45, 7) is 8.33. The number of aryl methyl sites for hydroxylation is 1. The molecule has 1 N–H and O–H groups in total. The normalized spacial score (nSPS) is 18.7. The summed E-state index contributed by atoms with van der Waals surface area (Å²) in [4.78, 5) is 9.38. The maximum absolute atomic E-state index is 13.0. The van der Waals surface area contributed by atoms with Crippen molar-refractivity contribution in [2.24, 2.45) is 0 Å². The topological polar surface area (TPSA) is 57.4 Å². The van der Waals surface area contributed by atoms with Crippen LogP contribution < -0.4 is 5.32 Å². The van der Waals surface area contributed by atoms with Gasteiger partial charge in [-0.05, 0) is 37.0 Å². The average Bonchev–Trinajstić information content (AvgIpc) is 3.59. The van der Waals surface area contributed by atoms with Gasteiger partial charge in [0.05, 0.1) is 17.5 Å². The van der Waals surface area contributed by atoms with E-state index in [1.54, 1.807) is 6.07 Å². The number of piperazine rings is 1. The van der Waals surface area contributed by atoms with Crippen LogP contribution in [0.2, 0.25) is 0 Å². The molecule has 204 valence electrons. The Morgan fingerprint density at radius 2 is 1.68 bits per heavy atom. The summed E-state index contributed by atoms with van der Waals surface area (Å²) in [5.74, 6) is 1.41. The standard InChI is InChI=1S/C29H36F3N5O/c1-22-7-9-24(10-8-22)28(11-2-3-12-28)27-34-26(38-35-27)20-33-13-14-36-15-17-37(18-16-36)21-23-5-4-6-25(19-23)29(30,31)32/h4-10,19,33H,2-3,11-18,20-21H2,1H3. The molecule has 0 bridgehead atoms. The minimum absolute atomic E-state index is 0.150. The van der Waals surface area contributed by atoms with Crippen molar-refractivity contribution in [2.75, 3.05) is 39.3 Å². The van der Waals surface area contributed by atoms with Crippen LogP contribution >= 0.6 is 0 Å². The molecule has 0 radical (unpaired) electrons. The molecule has 1 saturated carbocycles. The molecule has 2 fully saturated rings. The maximum Gasteiger partial charge on any atom is 0.416 e. The van der Waals surface area contributed by atoms with Crippen molar-refractivity contribution in [1.82, 2.24) is 25.3 Å². The highest BCUT2D eigenvalue weighted by Crippen LogP contribution is 2.45. The fraction of sp³-hybridized carbons (Fsp3) is 0.517. The molecule has 2 aliphatic rings. The van der Waals surface area contributed by atoms with Gasteiger partial charge in [-0.1, -0.05) is 66.0 Å². The van der Waals surface area contributed by atoms with E-state index in [4.69, 9.17) is 9.51 Å². The zero-order valence-electron chi connectivity index (χ0n) is 21.9. The van der Waals surface area contributed by atoms with Gasteiger partial charge < -0.3 is 9.84 Å². The molecule has 1 saturated heterocycles. The van der Waals surface area contributed by atoms with Gasteiger partial charge in [0.1, 0.15) is 0 Å². The Hall–Kier alpha value is -2.75. The van der Waals surface area contributed by atoms with Crippen LogP contribution in [-0.2, 0) is 24.7 Å². The van der Waals surface area contributed by atoms with Crippen molar-refractivity contribution in [2.45, 2.75) is 57.3 Å². The van der Waals surface area contributed by atoms with Crippen molar-refractivity contribution in [3.05, 3.63) is 82.5 Å². The van der Waals surface area contributed by atoms with Crippen molar-refractivity contribution >= 4 is 0 Å². The number of nitrogens with zero attached hydrogens (tertiary/aromatic N) is 4. The number of hydrogen-bond acceptors (Lipinski definition) is 6. The highest BCUT2D eigenvalue weighted by Gasteiger charge is 2.41. The summed E-state index contributed by atoms with van der Waals surface area (Å²) < 4.78 is 44.6. The summed E-state index contributed by atoms with van der Waals surface area (Å²) >= 11 is 0. The van der Waals surface area contributed by atoms with Gasteiger partial charge in [-0.2, -0.15) is 18.2 Å². The summed E-state index contributed by atoms with van der Waals surface area (Å²) in [6.07, 6.45) is 0.125. The van der Waals surface area contributed by atoms with E-state index in [-0.39, 0.29) is 5.41 Å². The highest BCUT2D eigenvalue weighted by atomic mass is 19.4. The minimum atomic E-state index is -4.30. The fourth-order valence-corrected chi connectivity index (χ4v) is 5.72. The van der Waals surface area contributed by atoms with Gasteiger partial charge in [-0.3, -0.25) is 9.80 Å². The van der Waals surface area contributed by atoms with E-state index in [0.717, 1.165) is 64.0 Å². The monoisotopic (exact) mass is 527 g/mol. The number of rotatable bonds is 9. The summed E-state index contributed by atoms with van der Waals surface area (Å²) in [5, 5.41) is 7.82. The predicted octanol–water partition coefficient (Wildman–Crippen LogP) is 5.16. The van der Waals surface area contributed by atoms with Gasteiger partial charge in [-0.25, -0.2) is 0 Å². The second-order valence-electron chi connectivity index (χ2n) is 10.7. The Kier molecular flexibility index (Phi) is 8.16. The Morgan fingerprint density at radius 1 is 0.974 bits per heavy atom. The number of halogens is 3. The second-order valence-corrected chi connectivity index (χ2v) is 10.7. The molecule has 5 rings (SSSR count). The van der Waals surface area contributed by atoms with Gasteiger partial charge in [0, 0.05) is 45.8 Å². The molecule has 1 aliphatic heterocycles. The fourth-order valence-electron chi connectivity index (χ4n) is 5.72. The molecule has 2 aromatic carbocycles. The van der Waals surface area contributed by atoms with Crippen LogP contribution in [0.5, 0.6) is 0 Å². The first-order valence-electron chi connectivity index (χ1n) is 13.5. The van der Waals surface area contributed by atoms with Gasteiger partial charge in [0.2, 0.25) is 5.89 Å². The highest BCUT2D eigenvalue weighted by molar-refractivity contribution is 5.35. The summed E-state index contributed by atoms with van der Waals surface area (Å²) in [7, 11) is 0. The zero-order valence-corrected chi connectivity index (χ0v) is 21.9. The minimum Gasteiger partial charge on any atom is -0.338 e. The molecule has 6 nitrogen and oxygen atoms in total. The predicted molar refractivity (Wildman–Crippen MR) is 140 cm³/mol. The molecule has 9 heteroatoms. The molecular formula is C29H36F3N5O. The van der Waals surface area contributed by atoms with Gasteiger partial charge in [0.15, 0.2) is 5.82 Å². The zero-order chi connectivity index (χ0) is 26.6. The third-order valence-corrected chi connectivity index (χ3v) is 7.96. The van der Waals surface area contributed by atoms with E-state index in [1.165, 1.54) is 36.1 Å². The summed E-state index contributed by atoms with van der Waals surface area (Å²) in [5.41, 5.74) is 2.49. The van der Waals surface area contributed by atoms with Crippen molar-refractivity contribution in [3.8, 4) is 0 Å². The molecule has 38 heavy (non-hydrogen) atoms. The van der Waals surface area contributed by atoms with Crippen molar-refractivity contribution < 1.29 is 17.7 Å². The second kappa shape index (κ2) is 11.6.